The lowest BCUT2D eigenvalue weighted by molar-refractivity contribution is 0.0936. The van der Waals surface area contributed by atoms with Crippen LogP contribution in [0.3, 0.4) is 0 Å². The van der Waals surface area contributed by atoms with Gasteiger partial charge in [-0.15, -0.1) is 0 Å². The molecule has 0 aliphatic carbocycles. The second-order valence-corrected chi connectivity index (χ2v) is 8.07. The van der Waals surface area contributed by atoms with Crippen molar-refractivity contribution in [1.29, 1.82) is 0 Å². The summed E-state index contributed by atoms with van der Waals surface area (Å²) in [6, 6.07) is 18.4. The highest BCUT2D eigenvalue weighted by Gasteiger charge is 2.16. The van der Waals surface area contributed by atoms with Gasteiger partial charge < -0.3 is 9.88 Å². The molecule has 5 heteroatoms. The van der Waals surface area contributed by atoms with Gasteiger partial charge in [-0.1, -0.05) is 30.3 Å². The molecule has 5 nitrogen and oxygen atoms in total. The monoisotopic (exact) mass is 400 g/mol. The van der Waals surface area contributed by atoms with Gasteiger partial charge in [-0.3, -0.25) is 9.48 Å². The van der Waals surface area contributed by atoms with Crippen LogP contribution in [0.5, 0.6) is 0 Å². The lowest BCUT2D eigenvalue weighted by Crippen LogP contribution is -2.35. The Morgan fingerprint density at radius 2 is 1.83 bits per heavy atom. The summed E-state index contributed by atoms with van der Waals surface area (Å²) in [5.41, 5.74) is 6.53. The molecule has 2 aromatic heterocycles. The number of fused-ring (bicyclic) bond motifs is 1. The Morgan fingerprint density at radius 1 is 1.07 bits per heavy atom. The molecule has 4 rings (SSSR count). The van der Waals surface area contributed by atoms with Gasteiger partial charge in [-0.25, -0.2) is 0 Å². The van der Waals surface area contributed by atoms with Crippen molar-refractivity contribution in [2.75, 3.05) is 0 Å². The van der Waals surface area contributed by atoms with Crippen molar-refractivity contribution in [2.45, 2.75) is 46.8 Å². The van der Waals surface area contributed by atoms with Gasteiger partial charge in [-0.05, 0) is 63.1 Å². The maximum absolute atomic E-state index is 12.8. The highest BCUT2D eigenvalue weighted by molar-refractivity contribution is 5.99. The highest BCUT2D eigenvalue weighted by atomic mass is 16.1. The minimum Gasteiger partial charge on any atom is -0.348 e. The fraction of sp³-hybridized carbons (Fsp3) is 0.280. The van der Waals surface area contributed by atoms with Crippen LogP contribution < -0.4 is 5.32 Å². The van der Waals surface area contributed by atoms with E-state index < -0.39 is 0 Å². The van der Waals surface area contributed by atoms with Crippen LogP contribution in [0.2, 0.25) is 0 Å². The number of carbonyl (C=O) groups is 1. The van der Waals surface area contributed by atoms with Crippen LogP contribution in [0.25, 0.3) is 10.9 Å². The van der Waals surface area contributed by atoms with E-state index in [4.69, 9.17) is 0 Å². The van der Waals surface area contributed by atoms with Crippen LogP contribution in [0.4, 0.5) is 0 Å². The van der Waals surface area contributed by atoms with E-state index in [0.29, 0.717) is 12.1 Å². The Labute approximate surface area is 177 Å². The third-order valence-corrected chi connectivity index (χ3v) is 5.70. The first kappa shape index (κ1) is 20.0. The van der Waals surface area contributed by atoms with Crippen LogP contribution in [0.15, 0.2) is 60.8 Å². The Balaban J connectivity index is 1.55. The molecule has 0 spiro atoms. The number of hydrogen-bond donors (Lipinski definition) is 1. The van der Waals surface area contributed by atoms with Gasteiger partial charge in [0.25, 0.3) is 5.91 Å². The lowest BCUT2D eigenvalue weighted by Gasteiger charge is -2.14. The molecule has 1 N–H and O–H groups in total. The molecule has 0 fully saturated rings. The third kappa shape index (κ3) is 4.01. The third-order valence-electron chi connectivity index (χ3n) is 5.70. The summed E-state index contributed by atoms with van der Waals surface area (Å²) in [7, 11) is 0. The smallest absolute Gasteiger partial charge is 0.251 e. The summed E-state index contributed by atoms with van der Waals surface area (Å²) in [5, 5.41) is 8.62. The summed E-state index contributed by atoms with van der Waals surface area (Å²) in [6.07, 6.45) is 1.94. The molecule has 0 bridgehead atoms. The average Bonchev–Trinajstić information content (AvgIpc) is 3.24. The number of hydrogen-bond acceptors (Lipinski definition) is 2. The molecule has 1 atom stereocenters. The van der Waals surface area contributed by atoms with Crippen molar-refractivity contribution in [2.24, 2.45) is 0 Å². The molecular weight excluding hydrogens is 372 g/mol. The first-order valence-electron chi connectivity index (χ1n) is 10.4. The van der Waals surface area contributed by atoms with Gasteiger partial charge in [0.1, 0.15) is 0 Å². The van der Waals surface area contributed by atoms with Crippen LogP contribution in [-0.4, -0.2) is 26.3 Å². The molecular formula is C25H28N4O. The molecule has 4 aromatic rings. The molecule has 2 aromatic carbocycles. The molecule has 30 heavy (non-hydrogen) atoms. The Kier molecular flexibility index (Phi) is 5.44. The quantitative estimate of drug-likeness (QED) is 0.513. The molecule has 0 saturated carbocycles. The zero-order valence-electron chi connectivity index (χ0n) is 18.0. The van der Waals surface area contributed by atoms with Gasteiger partial charge in [0.2, 0.25) is 0 Å². The van der Waals surface area contributed by atoms with Gasteiger partial charge >= 0.3 is 0 Å². The van der Waals surface area contributed by atoms with Crippen molar-refractivity contribution >= 4 is 16.8 Å². The van der Waals surface area contributed by atoms with Gasteiger partial charge in [-0.2, -0.15) is 5.10 Å². The molecule has 0 saturated heterocycles. The topological polar surface area (TPSA) is 51.9 Å². The van der Waals surface area contributed by atoms with E-state index in [2.05, 4.69) is 59.2 Å². The van der Waals surface area contributed by atoms with E-state index in [1.807, 2.05) is 49.0 Å². The van der Waals surface area contributed by atoms with Gasteiger partial charge in [0.15, 0.2) is 0 Å². The highest BCUT2D eigenvalue weighted by Crippen LogP contribution is 2.27. The van der Waals surface area contributed by atoms with Crippen molar-refractivity contribution in [3.05, 3.63) is 88.9 Å². The van der Waals surface area contributed by atoms with Gasteiger partial charge in [0, 0.05) is 40.9 Å². The number of benzene rings is 2. The van der Waals surface area contributed by atoms with Crippen molar-refractivity contribution in [3.8, 4) is 0 Å². The molecule has 0 radical (unpaired) electrons. The summed E-state index contributed by atoms with van der Waals surface area (Å²) in [4.78, 5) is 12.8. The molecule has 0 aliphatic heterocycles. The van der Waals surface area contributed by atoms with Crippen LogP contribution in [-0.2, 0) is 13.1 Å². The van der Waals surface area contributed by atoms with Crippen LogP contribution in [0, 0.1) is 20.8 Å². The van der Waals surface area contributed by atoms with Crippen molar-refractivity contribution < 1.29 is 4.79 Å². The molecule has 0 aliphatic rings. The Morgan fingerprint density at radius 3 is 2.53 bits per heavy atom. The van der Waals surface area contributed by atoms with Crippen molar-refractivity contribution in [3.63, 3.8) is 0 Å². The lowest BCUT2D eigenvalue weighted by atomic mass is 10.1. The minimum atomic E-state index is -0.0545. The van der Waals surface area contributed by atoms with E-state index in [9.17, 15) is 4.79 Å². The largest absolute Gasteiger partial charge is 0.348 e. The standard InChI is InChI=1S/C25H28N4O/c1-17-12-13-28(27-17)15-18(2)26-25(30)22-10-11-24-23(14-22)19(3)20(4)29(24)16-21-8-6-5-7-9-21/h5-14,18H,15-16H2,1-4H3,(H,26,30). The zero-order chi connectivity index (χ0) is 21.3. The Hall–Kier alpha value is -3.34. The number of nitrogens with zero attached hydrogens (tertiary/aromatic N) is 3. The van der Waals surface area contributed by atoms with Crippen LogP contribution in [0.1, 0.15) is 39.8 Å². The van der Waals surface area contributed by atoms with E-state index in [1.165, 1.54) is 16.8 Å². The number of amides is 1. The summed E-state index contributed by atoms with van der Waals surface area (Å²) < 4.78 is 4.19. The second-order valence-electron chi connectivity index (χ2n) is 8.07. The first-order chi connectivity index (χ1) is 14.4. The van der Waals surface area contributed by atoms with E-state index >= 15 is 0 Å². The maximum atomic E-state index is 12.8. The maximum Gasteiger partial charge on any atom is 0.251 e. The zero-order valence-corrected chi connectivity index (χ0v) is 18.0. The summed E-state index contributed by atoms with van der Waals surface area (Å²) in [5.74, 6) is -0.0545. The SMILES string of the molecule is Cc1ccn(CC(C)NC(=O)c2ccc3c(c2)c(C)c(C)n3Cc2ccccc2)n1. The molecule has 1 unspecified atom stereocenters. The first-order valence-corrected chi connectivity index (χ1v) is 10.4. The number of aryl methyl sites for hydroxylation is 2. The van der Waals surface area contributed by atoms with E-state index in [0.717, 1.165) is 23.1 Å². The molecule has 154 valence electrons. The van der Waals surface area contributed by atoms with E-state index in [-0.39, 0.29) is 11.9 Å². The normalized spacial score (nSPS) is 12.3. The predicted octanol–water partition coefficient (Wildman–Crippen LogP) is 4.63. The number of nitrogens with one attached hydrogen (secondary N) is 1. The van der Waals surface area contributed by atoms with Gasteiger partial charge in [0.05, 0.1) is 12.2 Å². The molecule has 1 amide bonds. The number of carbonyl (C=O) groups excluding carboxylic acids is 1. The summed E-state index contributed by atoms with van der Waals surface area (Å²) in [6.45, 7) is 9.70. The van der Waals surface area contributed by atoms with Crippen LogP contribution >= 0.6 is 0 Å². The minimum absolute atomic E-state index is 0.0157. The predicted molar refractivity (Wildman–Crippen MR) is 121 cm³/mol. The number of aromatic nitrogens is 3. The van der Waals surface area contributed by atoms with E-state index in [1.54, 1.807) is 0 Å². The fourth-order valence-corrected chi connectivity index (χ4v) is 3.96. The number of rotatable bonds is 6. The summed E-state index contributed by atoms with van der Waals surface area (Å²) >= 11 is 0. The second kappa shape index (κ2) is 8.19. The Bertz CT molecular complexity index is 1190. The average molecular weight is 401 g/mol. The molecule has 2 heterocycles. The van der Waals surface area contributed by atoms with Crippen molar-refractivity contribution in [1.82, 2.24) is 19.7 Å². The fourth-order valence-electron chi connectivity index (χ4n) is 3.96.